The van der Waals surface area contributed by atoms with Crippen LogP contribution in [0.2, 0.25) is 0 Å². The highest BCUT2D eigenvalue weighted by Gasteiger charge is 2.19. The number of para-hydroxylation sites is 2. The molecule has 0 aromatic heterocycles. The first-order chi connectivity index (χ1) is 21.3. The van der Waals surface area contributed by atoms with Crippen LogP contribution in [0.4, 0.5) is 0 Å². The summed E-state index contributed by atoms with van der Waals surface area (Å²) >= 11 is 0. The number of rotatable bonds is 3. The molecule has 43 heavy (non-hydrogen) atoms. The van der Waals surface area contributed by atoms with Crippen LogP contribution in [0.15, 0.2) is 158 Å². The van der Waals surface area contributed by atoms with E-state index in [9.17, 15) is 0 Å². The summed E-state index contributed by atoms with van der Waals surface area (Å²) < 4.78 is 2.31. The average molecular weight is 547 g/mol. The highest BCUT2D eigenvalue weighted by Crippen LogP contribution is 2.44. The Morgan fingerprint density at radius 1 is 0.395 bits per heavy atom. The Labute approximate surface area is 249 Å². The van der Waals surface area contributed by atoms with Crippen molar-refractivity contribution in [2.45, 2.75) is 0 Å². The van der Waals surface area contributed by atoms with Gasteiger partial charge in [-0.3, -0.25) is 0 Å². The number of nitrogens with zero attached hydrogens (tertiary/aromatic N) is 2. The molecule has 0 spiro atoms. The molecule has 2 nitrogen and oxygen atoms in total. The summed E-state index contributed by atoms with van der Waals surface area (Å²) in [6, 6.07) is 54.5. The summed E-state index contributed by atoms with van der Waals surface area (Å²) in [5, 5.41) is 7.42. The summed E-state index contributed by atoms with van der Waals surface area (Å²) in [6.45, 7) is 0. The van der Waals surface area contributed by atoms with Crippen LogP contribution in [0.1, 0.15) is 0 Å². The predicted octanol–water partition coefficient (Wildman–Crippen LogP) is 10.9. The van der Waals surface area contributed by atoms with Crippen molar-refractivity contribution in [3.63, 3.8) is 0 Å². The van der Waals surface area contributed by atoms with E-state index in [0.717, 1.165) is 27.8 Å². The number of benzene rings is 7. The fourth-order valence-electron chi connectivity index (χ4n) is 6.88. The van der Waals surface area contributed by atoms with Crippen LogP contribution in [-0.4, -0.2) is 9.55 Å². The van der Waals surface area contributed by atoms with Gasteiger partial charge in [-0.05, 0) is 68.1 Å². The number of hydrogen-bond donors (Lipinski definition) is 0. The molecule has 2 heteroatoms. The van der Waals surface area contributed by atoms with Gasteiger partial charge in [-0.2, -0.15) is 0 Å². The Hall–Kier alpha value is -5.73. The molecule has 0 bridgehead atoms. The summed E-state index contributed by atoms with van der Waals surface area (Å²) in [5.74, 6) is 0. The van der Waals surface area contributed by atoms with Crippen molar-refractivity contribution in [2.24, 2.45) is 0 Å². The van der Waals surface area contributed by atoms with E-state index in [2.05, 4.69) is 162 Å². The normalized spacial score (nSPS) is 11.7. The van der Waals surface area contributed by atoms with Crippen LogP contribution in [0.5, 0.6) is 0 Å². The second kappa shape index (κ2) is 9.40. The molecule has 0 saturated carbocycles. The lowest BCUT2D eigenvalue weighted by Crippen LogP contribution is -2.00. The van der Waals surface area contributed by atoms with Gasteiger partial charge in [0, 0.05) is 28.2 Å². The zero-order chi connectivity index (χ0) is 28.3. The van der Waals surface area contributed by atoms with Gasteiger partial charge in [0.2, 0.25) is 0 Å². The largest absolute Gasteiger partial charge is 0.316 e. The molecule has 0 unspecified atom stereocenters. The predicted molar refractivity (Wildman–Crippen MR) is 181 cm³/mol. The lowest BCUT2D eigenvalue weighted by atomic mass is 9.86. The van der Waals surface area contributed by atoms with Crippen LogP contribution in [0.25, 0.3) is 82.5 Å². The molecule has 0 amide bonds. The number of pyridine rings is 1. The van der Waals surface area contributed by atoms with Gasteiger partial charge in [0.05, 0.1) is 16.7 Å². The highest BCUT2D eigenvalue weighted by atomic mass is 15.0. The maximum Gasteiger partial charge on any atom is 0.0824 e. The third kappa shape index (κ3) is 3.63. The van der Waals surface area contributed by atoms with Crippen molar-refractivity contribution >= 4 is 43.4 Å². The van der Waals surface area contributed by atoms with Crippen LogP contribution >= 0.6 is 0 Å². The molecule has 0 N–H and O–H groups in total. The molecule has 200 valence electrons. The Kier molecular flexibility index (Phi) is 5.23. The van der Waals surface area contributed by atoms with E-state index >= 15 is 0 Å². The Morgan fingerprint density at radius 3 is 1.51 bits per heavy atom. The second-order valence-electron chi connectivity index (χ2n) is 11.2. The van der Waals surface area contributed by atoms with Crippen LogP contribution in [0, 0.1) is 0 Å². The first-order valence-electron chi connectivity index (χ1n) is 14.7. The Balaban J connectivity index is 1.27. The van der Waals surface area contributed by atoms with Crippen molar-refractivity contribution in [1.82, 2.24) is 9.55 Å². The highest BCUT2D eigenvalue weighted by molar-refractivity contribution is 6.21. The Bertz CT molecular complexity index is 2380. The summed E-state index contributed by atoms with van der Waals surface area (Å²) in [6.07, 6.45) is 2.25. The minimum atomic E-state index is 1.04. The average Bonchev–Trinajstić information content (AvgIpc) is 3.46. The maximum absolute atomic E-state index is 5.01. The minimum Gasteiger partial charge on any atom is -0.316 e. The van der Waals surface area contributed by atoms with E-state index in [1.165, 1.54) is 54.7 Å². The topological polar surface area (TPSA) is 17.8 Å². The van der Waals surface area contributed by atoms with Gasteiger partial charge in [-0.15, -0.1) is 0 Å². The zero-order valence-corrected chi connectivity index (χ0v) is 23.4. The van der Waals surface area contributed by atoms with Gasteiger partial charge in [0.1, 0.15) is 0 Å². The molecule has 2 heterocycles. The maximum atomic E-state index is 5.01. The molecule has 0 aliphatic carbocycles. The number of aromatic nitrogens is 2. The monoisotopic (exact) mass is 546 g/mol. The molecule has 9 rings (SSSR count). The third-order valence-electron chi connectivity index (χ3n) is 8.79. The molecule has 0 radical (unpaired) electrons. The van der Waals surface area contributed by atoms with Crippen molar-refractivity contribution in [3.8, 4) is 39.2 Å². The van der Waals surface area contributed by atoms with E-state index in [1.807, 2.05) is 0 Å². The Morgan fingerprint density at radius 2 is 0.884 bits per heavy atom. The molecule has 0 fully saturated rings. The molecule has 2 aliphatic rings. The lowest BCUT2D eigenvalue weighted by Gasteiger charge is -2.18. The summed E-state index contributed by atoms with van der Waals surface area (Å²) in [4.78, 5) is 5.01. The van der Waals surface area contributed by atoms with E-state index in [4.69, 9.17) is 4.98 Å². The van der Waals surface area contributed by atoms with Crippen LogP contribution in [0.3, 0.4) is 0 Å². The van der Waals surface area contributed by atoms with E-state index in [-0.39, 0.29) is 0 Å². The smallest absolute Gasteiger partial charge is 0.0824 e. The summed E-state index contributed by atoms with van der Waals surface area (Å²) in [7, 11) is 0. The molecular formula is C41H26N2. The first-order valence-corrected chi connectivity index (χ1v) is 14.7. The minimum absolute atomic E-state index is 1.04. The van der Waals surface area contributed by atoms with Crippen molar-refractivity contribution in [1.29, 1.82) is 0 Å². The molecule has 0 saturated heterocycles. The standard InChI is InChI=1S/C41H26N2/c1-2-12-27(13-3-1)39-31-15-4-6-17-33(31)40(34-18-7-5-16-32(34)39)28-22-24-29(25-23-28)43-26-36-30-14-8-10-20-37(30)42-41(36)35-19-9-11-21-38(35)43/h1-26H. The second-order valence-corrected chi connectivity index (χ2v) is 11.2. The van der Waals surface area contributed by atoms with Gasteiger partial charge in [-0.25, -0.2) is 4.98 Å². The van der Waals surface area contributed by atoms with Gasteiger partial charge in [-0.1, -0.05) is 127 Å². The van der Waals surface area contributed by atoms with Crippen molar-refractivity contribution in [2.75, 3.05) is 0 Å². The van der Waals surface area contributed by atoms with Gasteiger partial charge < -0.3 is 4.57 Å². The zero-order valence-electron chi connectivity index (χ0n) is 23.4. The molecular weight excluding hydrogens is 520 g/mol. The van der Waals surface area contributed by atoms with Crippen LogP contribution < -0.4 is 0 Å². The van der Waals surface area contributed by atoms with Gasteiger partial charge in [0.25, 0.3) is 0 Å². The third-order valence-corrected chi connectivity index (χ3v) is 8.79. The van der Waals surface area contributed by atoms with Crippen LogP contribution in [-0.2, 0) is 0 Å². The number of hydrogen-bond acceptors (Lipinski definition) is 1. The van der Waals surface area contributed by atoms with E-state index in [0.29, 0.717) is 0 Å². The molecule has 7 aromatic carbocycles. The van der Waals surface area contributed by atoms with E-state index in [1.54, 1.807) is 0 Å². The van der Waals surface area contributed by atoms with Gasteiger partial charge >= 0.3 is 0 Å². The fraction of sp³-hybridized carbons (Fsp3) is 0. The molecule has 0 atom stereocenters. The fourth-order valence-corrected chi connectivity index (χ4v) is 6.88. The first kappa shape index (κ1) is 23.9. The quantitative estimate of drug-likeness (QED) is 0.202. The molecule has 7 aromatic rings. The van der Waals surface area contributed by atoms with Gasteiger partial charge in [0.15, 0.2) is 0 Å². The molecule has 2 aliphatic heterocycles. The lowest BCUT2D eigenvalue weighted by molar-refractivity contribution is 1.11. The SMILES string of the molecule is c1ccc(-c2c3ccccc3c(-c3ccc(-n4cc5c6ccccc6nc-5c5ccccc54)cc3)c3ccccc23)cc1. The summed E-state index contributed by atoms with van der Waals surface area (Å²) in [5.41, 5.74) is 10.6. The van der Waals surface area contributed by atoms with E-state index < -0.39 is 0 Å². The van der Waals surface area contributed by atoms with Crippen molar-refractivity contribution < 1.29 is 0 Å². The number of fused-ring (bicyclic) bond motifs is 7. The van der Waals surface area contributed by atoms with Crippen molar-refractivity contribution in [3.05, 3.63) is 158 Å².